The second kappa shape index (κ2) is 8.70. The number of ether oxygens (including phenoxy) is 1. The van der Waals surface area contributed by atoms with Crippen LogP contribution in [0.25, 0.3) is 10.2 Å². The number of fused-ring (bicyclic) bond motifs is 3. The molecule has 0 unspecified atom stereocenters. The molecule has 1 N–H and O–H groups in total. The predicted octanol–water partition coefficient (Wildman–Crippen LogP) is 3.49. The summed E-state index contributed by atoms with van der Waals surface area (Å²) in [5.74, 6) is -0.0436. The van der Waals surface area contributed by atoms with E-state index in [1.165, 1.54) is 55.5 Å². The standard InChI is InChI=1S/C20H21ClN4O4S2/c1-25(2)31(27,28)16-9-12(7-8-14(16)21)24-17(26)10-29-19-18-13-5-3-4-6-15(13)30-20(18)23-11-22-19/h7-9,11H,3-6,10H2,1-2H3,(H,24,26). The zero-order chi connectivity index (χ0) is 22.2. The molecule has 164 valence electrons. The molecule has 0 atom stereocenters. The molecule has 1 amide bonds. The lowest BCUT2D eigenvalue weighted by Crippen LogP contribution is -2.23. The molecule has 8 nitrogen and oxygen atoms in total. The lowest BCUT2D eigenvalue weighted by molar-refractivity contribution is -0.118. The normalized spacial score (nSPS) is 13.9. The van der Waals surface area contributed by atoms with E-state index in [1.807, 2.05) is 0 Å². The SMILES string of the molecule is CN(C)S(=O)(=O)c1cc(NC(=O)COc2ncnc3sc4c(c23)CCCC4)ccc1Cl. The molecule has 0 bridgehead atoms. The summed E-state index contributed by atoms with van der Waals surface area (Å²) < 4.78 is 31.6. The Balaban J connectivity index is 1.50. The summed E-state index contributed by atoms with van der Waals surface area (Å²) in [4.78, 5) is 23.1. The Morgan fingerprint density at radius 2 is 2.03 bits per heavy atom. The van der Waals surface area contributed by atoms with Crippen LogP contribution in [-0.4, -0.2) is 49.3 Å². The number of carbonyl (C=O) groups excluding carboxylic acids is 1. The molecule has 0 radical (unpaired) electrons. The average Bonchev–Trinajstić information content (AvgIpc) is 3.12. The first kappa shape index (κ1) is 21.9. The molecule has 11 heteroatoms. The maximum absolute atomic E-state index is 12.5. The summed E-state index contributed by atoms with van der Waals surface area (Å²) in [6.07, 6.45) is 5.71. The van der Waals surface area contributed by atoms with Gasteiger partial charge in [-0.05, 0) is 49.4 Å². The van der Waals surface area contributed by atoms with Crippen molar-refractivity contribution < 1.29 is 17.9 Å². The first-order valence-corrected chi connectivity index (χ1v) is 12.3. The van der Waals surface area contributed by atoms with Crippen LogP contribution in [0.4, 0.5) is 5.69 Å². The van der Waals surface area contributed by atoms with Gasteiger partial charge in [-0.3, -0.25) is 4.79 Å². The molecular weight excluding hydrogens is 460 g/mol. The van der Waals surface area contributed by atoms with Crippen molar-refractivity contribution in [3.63, 3.8) is 0 Å². The van der Waals surface area contributed by atoms with Gasteiger partial charge in [-0.15, -0.1) is 11.3 Å². The molecule has 0 aliphatic heterocycles. The molecule has 0 saturated carbocycles. The fourth-order valence-corrected chi connectivity index (χ4v) is 6.09. The Kier molecular flexibility index (Phi) is 6.16. The van der Waals surface area contributed by atoms with Crippen molar-refractivity contribution in [1.29, 1.82) is 0 Å². The van der Waals surface area contributed by atoms with Gasteiger partial charge in [0.1, 0.15) is 16.1 Å². The molecule has 4 rings (SSSR count). The topological polar surface area (TPSA) is 101 Å². The summed E-state index contributed by atoms with van der Waals surface area (Å²) in [7, 11) is -0.919. The maximum Gasteiger partial charge on any atom is 0.262 e. The zero-order valence-electron chi connectivity index (χ0n) is 17.0. The molecule has 1 aliphatic carbocycles. The first-order chi connectivity index (χ1) is 14.8. The summed E-state index contributed by atoms with van der Waals surface area (Å²) in [6, 6.07) is 4.29. The average molecular weight is 481 g/mol. The second-order valence-electron chi connectivity index (χ2n) is 7.34. The van der Waals surface area contributed by atoms with E-state index in [0.717, 1.165) is 33.8 Å². The van der Waals surface area contributed by atoms with Crippen LogP contribution in [0.5, 0.6) is 5.88 Å². The fraction of sp³-hybridized carbons (Fsp3) is 0.350. The number of carbonyl (C=O) groups is 1. The minimum Gasteiger partial charge on any atom is -0.467 e. The van der Waals surface area contributed by atoms with Gasteiger partial charge < -0.3 is 10.1 Å². The van der Waals surface area contributed by atoms with Crippen LogP contribution in [0.3, 0.4) is 0 Å². The van der Waals surface area contributed by atoms with Gasteiger partial charge in [0, 0.05) is 24.7 Å². The van der Waals surface area contributed by atoms with Crippen molar-refractivity contribution in [2.75, 3.05) is 26.0 Å². The largest absolute Gasteiger partial charge is 0.467 e. The number of aromatic nitrogens is 2. The number of aryl methyl sites for hydroxylation is 2. The maximum atomic E-state index is 12.5. The van der Waals surface area contributed by atoms with E-state index in [0.29, 0.717) is 11.6 Å². The van der Waals surface area contributed by atoms with Gasteiger partial charge >= 0.3 is 0 Å². The third-order valence-electron chi connectivity index (χ3n) is 5.03. The molecule has 2 heterocycles. The van der Waals surface area contributed by atoms with Gasteiger partial charge in [-0.1, -0.05) is 11.6 Å². The number of hydrogen-bond acceptors (Lipinski definition) is 7. The highest BCUT2D eigenvalue weighted by molar-refractivity contribution is 7.89. The van der Waals surface area contributed by atoms with Gasteiger partial charge in [-0.25, -0.2) is 22.7 Å². The van der Waals surface area contributed by atoms with E-state index >= 15 is 0 Å². The van der Waals surface area contributed by atoms with E-state index in [2.05, 4.69) is 15.3 Å². The number of thiophene rings is 1. The number of nitrogens with zero attached hydrogens (tertiary/aromatic N) is 3. The molecule has 1 aliphatic rings. The highest BCUT2D eigenvalue weighted by Crippen LogP contribution is 2.38. The van der Waals surface area contributed by atoms with Crippen LogP contribution < -0.4 is 10.1 Å². The molecule has 31 heavy (non-hydrogen) atoms. The molecular formula is C20H21ClN4O4S2. The highest BCUT2D eigenvalue weighted by atomic mass is 35.5. The Morgan fingerprint density at radius 1 is 1.26 bits per heavy atom. The minimum atomic E-state index is -3.74. The second-order valence-corrected chi connectivity index (χ2v) is 11.0. The summed E-state index contributed by atoms with van der Waals surface area (Å²) in [5, 5.41) is 3.62. The molecule has 0 spiro atoms. The van der Waals surface area contributed by atoms with Gasteiger partial charge in [0.2, 0.25) is 15.9 Å². The molecule has 0 saturated heterocycles. The van der Waals surface area contributed by atoms with Crippen LogP contribution in [0.15, 0.2) is 29.4 Å². The molecule has 3 aromatic rings. The number of rotatable bonds is 6. The van der Waals surface area contributed by atoms with Crippen molar-refractivity contribution in [3.8, 4) is 5.88 Å². The monoisotopic (exact) mass is 480 g/mol. The zero-order valence-corrected chi connectivity index (χ0v) is 19.4. The van der Waals surface area contributed by atoms with Crippen LogP contribution in [-0.2, 0) is 27.7 Å². The first-order valence-electron chi connectivity index (χ1n) is 9.67. The molecule has 1 aromatic carbocycles. The number of nitrogens with one attached hydrogen (secondary N) is 1. The number of sulfonamides is 1. The van der Waals surface area contributed by atoms with Crippen LogP contribution in [0.2, 0.25) is 5.02 Å². The third kappa shape index (κ3) is 4.38. The van der Waals surface area contributed by atoms with Crippen molar-refractivity contribution in [2.24, 2.45) is 0 Å². The van der Waals surface area contributed by atoms with Crippen molar-refractivity contribution in [3.05, 3.63) is 40.0 Å². The van der Waals surface area contributed by atoms with Crippen LogP contribution in [0.1, 0.15) is 23.3 Å². The minimum absolute atomic E-state index is 0.0774. The Bertz CT molecular complexity index is 1260. The van der Waals surface area contributed by atoms with E-state index in [1.54, 1.807) is 11.3 Å². The van der Waals surface area contributed by atoms with Gasteiger partial charge in [-0.2, -0.15) is 0 Å². The Hall–Kier alpha value is -2.27. The third-order valence-corrected chi connectivity index (χ3v) is 8.53. The Morgan fingerprint density at radius 3 is 2.81 bits per heavy atom. The van der Waals surface area contributed by atoms with Crippen LogP contribution in [0, 0.1) is 0 Å². The van der Waals surface area contributed by atoms with Gasteiger partial charge in [0.25, 0.3) is 5.91 Å². The highest BCUT2D eigenvalue weighted by Gasteiger charge is 2.23. The number of anilines is 1. The smallest absolute Gasteiger partial charge is 0.262 e. The Labute approximate surface area is 189 Å². The fourth-order valence-electron chi connectivity index (χ4n) is 3.48. The number of halogens is 1. The van der Waals surface area contributed by atoms with Crippen molar-refractivity contribution in [2.45, 2.75) is 30.6 Å². The lowest BCUT2D eigenvalue weighted by atomic mass is 9.97. The quantitative estimate of drug-likeness (QED) is 0.579. The lowest BCUT2D eigenvalue weighted by Gasteiger charge is -2.14. The summed E-state index contributed by atoms with van der Waals surface area (Å²) >= 11 is 7.70. The van der Waals surface area contributed by atoms with Gasteiger partial charge in [0.05, 0.1) is 10.4 Å². The van der Waals surface area contributed by atoms with Crippen LogP contribution >= 0.6 is 22.9 Å². The molecule has 0 fully saturated rings. The summed E-state index contributed by atoms with van der Waals surface area (Å²) in [6.45, 7) is -0.269. The van der Waals surface area contributed by atoms with Crippen molar-refractivity contribution >= 4 is 54.8 Å². The molecule has 2 aromatic heterocycles. The van der Waals surface area contributed by atoms with E-state index in [9.17, 15) is 13.2 Å². The van der Waals surface area contributed by atoms with E-state index < -0.39 is 15.9 Å². The predicted molar refractivity (Wildman–Crippen MR) is 121 cm³/mol. The summed E-state index contributed by atoms with van der Waals surface area (Å²) in [5.41, 5.74) is 1.53. The number of amides is 1. The number of benzene rings is 1. The van der Waals surface area contributed by atoms with Gasteiger partial charge in [0.15, 0.2) is 6.61 Å². The number of hydrogen-bond donors (Lipinski definition) is 1. The van der Waals surface area contributed by atoms with Crippen molar-refractivity contribution in [1.82, 2.24) is 14.3 Å². The van der Waals surface area contributed by atoms with E-state index in [-0.39, 0.29) is 16.5 Å². The van der Waals surface area contributed by atoms with E-state index in [4.69, 9.17) is 16.3 Å².